The van der Waals surface area contributed by atoms with Crippen LogP contribution in [0.5, 0.6) is 0 Å². The van der Waals surface area contributed by atoms with Gasteiger partial charge in [-0.05, 0) is 30.2 Å². The van der Waals surface area contributed by atoms with E-state index in [-0.39, 0.29) is 31.0 Å². The Labute approximate surface area is 174 Å². The number of alkyl halides is 3. The molecule has 0 N–H and O–H groups in total. The number of hydrogen-bond donors (Lipinski definition) is 0. The molecule has 1 aliphatic heterocycles. The van der Waals surface area contributed by atoms with Crippen LogP contribution in [-0.4, -0.2) is 29.2 Å². The van der Waals surface area contributed by atoms with E-state index in [4.69, 9.17) is 4.84 Å². The quantitative estimate of drug-likeness (QED) is 0.648. The number of rotatable bonds is 6. The highest BCUT2D eigenvalue weighted by atomic mass is 19.4. The Morgan fingerprint density at radius 3 is 2.53 bits per heavy atom. The summed E-state index contributed by atoms with van der Waals surface area (Å²) >= 11 is 0. The van der Waals surface area contributed by atoms with Crippen LogP contribution in [-0.2, 0) is 22.4 Å². The highest BCUT2D eigenvalue weighted by molar-refractivity contribution is 6.01. The highest BCUT2D eigenvalue weighted by Gasteiger charge is 2.31. The van der Waals surface area contributed by atoms with E-state index < -0.39 is 11.7 Å². The summed E-state index contributed by atoms with van der Waals surface area (Å²) in [5.41, 5.74) is 2.61. The molecule has 1 atom stereocenters. The van der Waals surface area contributed by atoms with E-state index in [2.05, 4.69) is 5.16 Å². The van der Waals surface area contributed by atoms with E-state index in [1.54, 1.807) is 24.8 Å². The fraction of sp³-hybridized carbons (Fsp3) is 0.391. The van der Waals surface area contributed by atoms with Crippen molar-refractivity contribution in [3.05, 3.63) is 70.8 Å². The maximum Gasteiger partial charge on any atom is 0.416 e. The minimum Gasteiger partial charge on any atom is -0.390 e. The van der Waals surface area contributed by atoms with Crippen molar-refractivity contribution in [2.24, 2.45) is 11.1 Å². The van der Waals surface area contributed by atoms with Crippen LogP contribution in [0.15, 0.2) is 53.7 Å². The number of carbonyl (C=O) groups excluding carboxylic acids is 1. The van der Waals surface area contributed by atoms with Crippen molar-refractivity contribution < 1.29 is 22.8 Å². The van der Waals surface area contributed by atoms with E-state index >= 15 is 0 Å². The molecule has 3 rings (SSSR count). The van der Waals surface area contributed by atoms with Crippen LogP contribution in [0.4, 0.5) is 13.2 Å². The van der Waals surface area contributed by atoms with Crippen molar-refractivity contribution in [3.8, 4) is 0 Å². The van der Waals surface area contributed by atoms with Gasteiger partial charge in [0, 0.05) is 18.9 Å². The predicted octanol–water partition coefficient (Wildman–Crippen LogP) is 5.19. The SMILES string of the molecule is Cc1ccc(C2=NO[C@H](CN(Cc3cccc(C(F)(F)F)c3)C(=O)C(C)C)C2)cc1. The fourth-order valence-electron chi connectivity index (χ4n) is 3.35. The number of amides is 1. The molecule has 1 amide bonds. The van der Waals surface area contributed by atoms with E-state index in [9.17, 15) is 18.0 Å². The van der Waals surface area contributed by atoms with Gasteiger partial charge in [0.2, 0.25) is 5.91 Å². The molecule has 2 aromatic rings. The normalized spacial score (nSPS) is 16.4. The molecule has 1 aliphatic rings. The van der Waals surface area contributed by atoms with Gasteiger partial charge in [0.25, 0.3) is 0 Å². The van der Waals surface area contributed by atoms with Gasteiger partial charge in [-0.2, -0.15) is 13.2 Å². The van der Waals surface area contributed by atoms with Crippen molar-refractivity contribution in [1.29, 1.82) is 0 Å². The summed E-state index contributed by atoms with van der Waals surface area (Å²) in [5, 5.41) is 4.16. The average Bonchev–Trinajstić information content (AvgIpc) is 3.15. The molecule has 0 unspecified atom stereocenters. The fourth-order valence-corrected chi connectivity index (χ4v) is 3.35. The van der Waals surface area contributed by atoms with Gasteiger partial charge >= 0.3 is 6.18 Å². The molecule has 0 fully saturated rings. The van der Waals surface area contributed by atoms with Gasteiger partial charge in [-0.1, -0.05) is 61.0 Å². The standard InChI is InChI=1S/C23H25F3N2O2/c1-15(2)22(29)28(13-17-5-4-6-19(11-17)23(24,25)26)14-20-12-21(27-30-20)18-9-7-16(3)8-10-18/h4-11,15,20H,12-14H2,1-3H3/t20-/m0/s1. The molecule has 30 heavy (non-hydrogen) atoms. The molecule has 0 bridgehead atoms. The molecule has 0 radical (unpaired) electrons. The first-order valence-corrected chi connectivity index (χ1v) is 9.88. The monoisotopic (exact) mass is 418 g/mol. The topological polar surface area (TPSA) is 41.9 Å². The molecule has 0 aromatic heterocycles. The zero-order valence-electron chi connectivity index (χ0n) is 17.2. The van der Waals surface area contributed by atoms with Gasteiger partial charge in [0.1, 0.15) is 0 Å². The van der Waals surface area contributed by atoms with Crippen LogP contribution in [0.3, 0.4) is 0 Å². The maximum atomic E-state index is 13.0. The molecule has 160 valence electrons. The number of nitrogens with zero attached hydrogens (tertiary/aromatic N) is 2. The van der Waals surface area contributed by atoms with Crippen molar-refractivity contribution >= 4 is 11.6 Å². The van der Waals surface area contributed by atoms with E-state index in [0.29, 0.717) is 12.0 Å². The van der Waals surface area contributed by atoms with Gasteiger partial charge in [-0.15, -0.1) is 0 Å². The Hall–Kier alpha value is -2.83. The van der Waals surface area contributed by atoms with E-state index in [1.165, 1.54) is 6.07 Å². The third-order valence-corrected chi connectivity index (χ3v) is 4.98. The molecular weight excluding hydrogens is 393 g/mol. The highest BCUT2D eigenvalue weighted by Crippen LogP contribution is 2.30. The van der Waals surface area contributed by atoms with Crippen LogP contribution >= 0.6 is 0 Å². The van der Waals surface area contributed by atoms with Crippen LogP contribution in [0.2, 0.25) is 0 Å². The predicted molar refractivity (Wildman–Crippen MR) is 109 cm³/mol. The molecule has 7 heteroatoms. The average molecular weight is 418 g/mol. The largest absolute Gasteiger partial charge is 0.416 e. The van der Waals surface area contributed by atoms with Crippen molar-refractivity contribution in [2.75, 3.05) is 6.54 Å². The number of hydrogen-bond acceptors (Lipinski definition) is 3. The molecule has 0 saturated heterocycles. The first kappa shape index (κ1) is 21.9. The summed E-state index contributed by atoms with van der Waals surface area (Å²) in [5.74, 6) is -0.422. The molecular formula is C23H25F3N2O2. The summed E-state index contributed by atoms with van der Waals surface area (Å²) in [6.07, 6.45) is -4.23. The summed E-state index contributed by atoms with van der Waals surface area (Å²) in [6.45, 7) is 5.88. The first-order valence-electron chi connectivity index (χ1n) is 9.88. The molecule has 4 nitrogen and oxygen atoms in total. The van der Waals surface area contributed by atoms with Gasteiger partial charge in [0.15, 0.2) is 6.10 Å². The van der Waals surface area contributed by atoms with Crippen molar-refractivity contribution in [2.45, 2.75) is 46.0 Å². The van der Waals surface area contributed by atoms with Crippen LogP contribution in [0.1, 0.15) is 42.5 Å². The van der Waals surface area contributed by atoms with Crippen LogP contribution in [0.25, 0.3) is 0 Å². The van der Waals surface area contributed by atoms with Crippen molar-refractivity contribution in [3.63, 3.8) is 0 Å². The Morgan fingerprint density at radius 1 is 1.20 bits per heavy atom. The van der Waals surface area contributed by atoms with E-state index in [1.807, 2.05) is 31.2 Å². The maximum absolute atomic E-state index is 13.0. The van der Waals surface area contributed by atoms with Crippen LogP contribution < -0.4 is 0 Å². The zero-order valence-corrected chi connectivity index (χ0v) is 17.2. The Balaban J connectivity index is 1.71. The smallest absolute Gasteiger partial charge is 0.390 e. The van der Waals surface area contributed by atoms with Gasteiger partial charge in [0.05, 0.1) is 17.8 Å². The minimum absolute atomic E-state index is 0.0840. The molecule has 0 saturated carbocycles. The number of oxime groups is 1. The van der Waals surface area contributed by atoms with Gasteiger partial charge in [-0.25, -0.2) is 0 Å². The second kappa shape index (κ2) is 8.90. The first-order chi connectivity index (χ1) is 14.1. The lowest BCUT2D eigenvalue weighted by Crippen LogP contribution is -2.39. The third kappa shape index (κ3) is 5.40. The van der Waals surface area contributed by atoms with E-state index in [0.717, 1.165) is 29.0 Å². The number of carbonyl (C=O) groups is 1. The lowest BCUT2D eigenvalue weighted by molar-refractivity contribution is -0.137. The molecule has 0 aliphatic carbocycles. The molecule has 0 spiro atoms. The number of halogens is 3. The number of benzene rings is 2. The Kier molecular flexibility index (Phi) is 6.48. The van der Waals surface area contributed by atoms with Crippen molar-refractivity contribution in [1.82, 2.24) is 4.90 Å². The lowest BCUT2D eigenvalue weighted by atomic mass is 10.0. The van der Waals surface area contributed by atoms with Crippen LogP contribution in [0, 0.1) is 12.8 Å². The molecule has 2 aromatic carbocycles. The summed E-state index contributed by atoms with van der Waals surface area (Å²) in [6, 6.07) is 13.0. The van der Waals surface area contributed by atoms with Gasteiger partial charge in [-0.3, -0.25) is 4.79 Å². The number of aryl methyl sites for hydroxylation is 1. The third-order valence-electron chi connectivity index (χ3n) is 4.98. The summed E-state index contributed by atoms with van der Waals surface area (Å²) in [7, 11) is 0. The summed E-state index contributed by atoms with van der Waals surface area (Å²) < 4.78 is 39.1. The molecule has 1 heterocycles. The van der Waals surface area contributed by atoms with Gasteiger partial charge < -0.3 is 9.74 Å². The Morgan fingerprint density at radius 2 is 1.90 bits per heavy atom. The summed E-state index contributed by atoms with van der Waals surface area (Å²) in [4.78, 5) is 19.8. The Bertz CT molecular complexity index is 921. The second-order valence-corrected chi connectivity index (χ2v) is 7.91. The zero-order chi connectivity index (χ0) is 21.9. The minimum atomic E-state index is -4.42. The lowest BCUT2D eigenvalue weighted by Gasteiger charge is -2.27. The second-order valence-electron chi connectivity index (χ2n) is 7.91.